The van der Waals surface area contributed by atoms with Crippen LogP contribution in [0.3, 0.4) is 0 Å². The van der Waals surface area contributed by atoms with Crippen LogP contribution < -0.4 is 0 Å². The highest BCUT2D eigenvalue weighted by Crippen LogP contribution is 2.43. The molecule has 1 spiro atoms. The van der Waals surface area contributed by atoms with Crippen LogP contribution in [-0.4, -0.2) is 66.8 Å². The van der Waals surface area contributed by atoms with E-state index in [9.17, 15) is 4.79 Å². The van der Waals surface area contributed by atoms with Crippen molar-refractivity contribution in [3.8, 4) is 0 Å². The van der Waals surface area contributed by atoms with Crippen LogP contribution in [0.15, 0.2) is 10.6 Å². The first-order chi connectivity index (χ1) is 12.0. The van der Waals surface area contributed by atoms with Crippen LogP contribution in [0, 0.1) is 18.3 Å². The van der Waals surface area contributed by atoms with Crippen molar-refractivity contribution in [3.63, 3.8) is 0 Å². The van der Waals surface area contributed by atoms with Gasteiger partial charge < -0.3 is 19.1 Å². The molecule has 2 aliphatic heterocycles. The molecule has 6 heteroatoms. The molecule has 3 aliphatic rings. The molecule has 1 aromatic heterocycles. The Bertz CT molecular complexity index is 617. The highest BCUT2D eigenvalue weighted by molar-refractivity contribution is 5.91. The van der Waals surface area contributed by atoms with Crippen molar-refractivity contribution in [1.29, 1.82) is 0 Å². The molecule has 1 aromatic rings. The van der Waals surface area contributed by atoms with Crippen molar-refractivity contribution >= 4 is 5.91 Å². The third kappa shape index (κ3) is 3.75. The monoisotopic (exact) mass is 347 g/mol. The number of likely N-dealkylation sites (tertiary alicyclic amines) is 2. The number of carbonyl (C=O) groups is 1. The summed E-state index contributed by atoms with van der Waals surface area (Å²) in [4.78, 5) is 16.9. The molecule has 2 saturated heterocycles. The Hall–Kier alpha value is -1.40. The Labute approximate surface area is 149 Å². The average molecular weight is 347 g/mol. The largest absolute Gasteiger partial charge is 0.380 e. The van der Waals surface area contributed by atoms with Gasteiger partial charge >= 0.3 is 0 Å². The maximum absolute atomic E-state index is 12.5. The molecule has 25 heavy (non-hydrogen) atoms. The topological polar surface area (TPSA) is 58.8 Å². The third-order valence-corrected chi connectivity index (χ3v) is 6.19. The molecule has 0 N–H and O–H groups in total. The number of aromatic nitrogens is 1. The molecular weight excluding hydrogens is 318 g/mol. The van der Waals surface area contributed by atoms with Crippen LogP contribution in [0.1, 0.15) is 48.4 Å². The molecule has 3 heterocycles. The average Bonchev–Trinajstić information content (AvgIpc) is 3.24. The van der Waals surface area contributed by atoms with Gasteiger partial charge in [-0.3, -0.25) is 4.79 Å². The fraction of sp³-hybridized carbons (Fsp3) is 0.789. The fourth-order valence-corrected chi connectivity index (χ4v) is 4.39. The summed E-state index contributed by atoms with van der Waals surface area (Å²) in [6.07, 6.45) is 6.01. The Morgan fingerprint density at radius 3 is 2.76 bits per heavy atom. The summed E-state index contributed by atoms with van der Waals surface area (Å²) >= 11 is 0. The predicted molar refractivity (Wildman–Crippen MR) is 93.4 cm³/mol. The molecule has 138 valence electrons. The van der Waals surface area contributed by atoms with E-state index in [4.69, 9.17) is 9.26 Å². The molecule has 1 amide bonds. The summed E-state index contributed by atoms with van der Waals surface area (Å²) < 4.78 is 11.1. The number of aryl methyl sites for hydroxylation is 1. The van der Waals surface area contributed by atoms with E-state index in [1.165, 1.54) is 19.3 Å². The summed E-state index contributed by atoms with van der Waals surface area (Å²) in [6, 6.07) is 2.25. The van der Waals surface area contributed by atoms with E-state index in [2.05, 4.69) is 17.1 Å². The number of amides is 1. The first kappa shape index (κ1) is 17.0. The van der Waals surface area contributed by atoms with E-state index in [-0.39, 0.29) is 5.91 Å². The number of hydrogen-bond donors (Lipinski definition) is 0. The lowest BCUT2D eigenvalue weighted by molar-refractivity contribution is 0.0550. The lowest BCUT2D eigenvalue weighted by Gasteiger charge is -2.38. The number of nitrogens with zero attached hydrogens (tertiary/aromatic N) is 3. The Balaban J connectivity index is 1.29. The van der Waals surface area contributed by atoms with Gasteiger partial charge in [-0.25, -0.2) is 0 Å². The second-order valence-corrected chi connectivity index (χ2v) is 8.38. The molecule has 0 bridgehead atoms. The molecule has 1 saturated carbocycles. The van der Waals surface area contributed by atoms with E-state index < -0.39 is 0 Å². The van der Waals surface area contributed by atoms with E-state index in [0.29, 0.717) is 17.2 Å². The van der Waals surface area contributed by atoms with Gasteiger partial charge in [-0.2, -0.15) is 0 Å². The third-order valence-electron chi connectivity index (χ3n) is 6.19. The normalized spacial score (nSPS) is 26.5. The van der Waals surface area contributed by atoms with Gasteiger partial charge in [0, 0.05) is 38.3 Å². The summed E-state index contributed by atoms with van der Waals surface area (Å²) in [5.74, 6) is 1.17. The molecule has 1 atom stereocenters. The van der Waals surface area contributed by atoms with Crippen molar-refractivity contribution in [3.05, 3.63) is 17.5 Å². The molecule has 0 aromatic carbocycles. The van der Waals surface area contributed by atoms with E-state index >= 15 is 0 Å². The molecule has 1 aliphatic carbocycles. The number of likely N-dealkylation sites (N-methyl/N-ethyl adjacent to an activating group) is 1. The van der Waals surface area contributed by atoms with Crippen molar-refractivity contribution < 1.29 is 14.1 Å². The fourth-order valence-electron chi connectivity index (χ4n) is 4.39. The molecular formula is C19H29N3O3. The van der Waals surface area contributed by atoms with Crippen molar-refractivity contribution in [2.24, 2.45) is 11.3 Å². The van der Waals surface area contributed by atoms with E-state index in [0.717, 1.165) is 57.3 Å². The maximum atomic E-state index is 12.5. The molecule has 6 nitrogen and oxygen atoms in total. The summed E-state index contributed by atoms with van der Waals surface area (Å²) in [5.41, 5.74) is 1.10. The van der Waals surface area contributed by atoms with Crippen molar-refractivity contribution in [2.75, 3.05) is 39.9 Å². The zero-order valence-corrected chi connectivity index (χ0v) is 15.4. The van der Waals surface area contributed by atoms with Crippen LogP contribution in [0.2, 0.25) is 0 Å². The van der Waals surface area contributed by atoms with Gasteiger partial charge in [-0.1, -0.05) is 5.16 Å². The SMILES string of the molecule is Cc1cc(C(=O)N2CCC3(CC2)C[C@H](COCC2CC2)N(C)C3)on1. The number of ether oxygens (including phenoxy) is 1. The van der Waals surface area contributed by atoms with Gasteiger partial charge in [0.2, 0.25) is 5.76 Å². The molecule has 0 unspecified atom stereocenters. The van der Waals surface area contributed by atoms with Gasteiger partial charge in [-0.05, 0) is 57.4 Å². The van der Waals surface area contributed by atoms with Gasteiger partial charge in [0.25, 0.3) is 5.91 Å². The smallest absolute Gasteiger partial charge is 0.292 e. The highest BCUT2D eigenvalue weighted by Gasteiger charge is 2.45. The minimum absolute atomic E-state index is 0.0221. The van der Waals surface area contributed by atoms with Crippen LogP contribution in [0.25, 0.3) is 0 Å². The number of carbonyl (C=O) groups excluding carboxylic acids is 1. The number of rotatable bonds is 5. The standard InChI is InChI=1S/C19H29N3O3/c1-14-9-17(25-20-14)18(23)22-7-5-19(6-8-22)10-16(21(2)13-19)12-24-11-15-3-4-15/h9,15-16H,3-8,10-13H2,1-2H3/t16-/m1/s1. The van der Waals surface area contributed by atoms with Gasteiger partial charge in [-0.15, -0.1) is 0 Å². The molecule has 4 rings (SSSR count). The first-order valence-electron chi connectivity index (χ1n) is 9.55. The first-order valence-corrected chi connectivity index (χ1v) is 9.55. The Morgan fingerprint density at radius 1 is 1.36 bits per heavy atom. The molecule has 3 fully saturated rings. The number of hydrogen-bond acceptors (Lipinski definition) is 5. The van der Waals surface area contributed by atoms with Crippen molar-refractivity contribution in [2.45, 2.75) is 45.1 Å². The second-order valence-electron chi connectivity index (χ2n) is 8.38. The van der Waals surface area contributed by atoms with Crippen LogP contribution in [0.4, 0.5) is 0 Å². The Morgan fingerprint density at radius 2 is 2.12 bits per heavy atom. The second kappa shape index (κ2) is 6.72. The summed E-state index contributed by atoms with van der Waals surface area (Å²) in [5, 5.41) is 3.83. The van der Waals surface area contributed by atoms with Crippen LogP contribution in [0.5, 0.6) is 0 Å². The summed E-state index contributed by atoms with van der Waals surface area (Å²) in [6.45, 7) is 6.37. The van der Waals surface area contributed by atoms with Crippen LogP contribution in [-0.2, 0) is 4.74 Å². The number of piperidine rings is 1. The maximum Gasteiger partial charge on any atom is 0.292 e. The molecule has 0 radical (unpaired) electrons. The van der Waals surface area contributed by atoms with Crippen molar-refractivity contribution in [1.82, 2.24) is 15.0 Å². The zero-order valence-electron chi connectivity index (χ0n) is 15.4. The summed E-state index contributed by atoms with van der Waals surface area (Å²) in [7, 11) is 2.22. The minimum Gasteiger partial charge on any atom is -0.380 e. The quantitative estimate of drug-likeness (QED) is 0.818. The Kier molecular flexibility index (Phi) is 4.58. The minimum atomic E-state index is -0.0221. The van der Waals surface area contributed by atoms with Gasteiger partial charge in [0.05, 0.1) is 12.3 Å². The zero-order chi connectivity index (χ0) is 17.4. The highest BCUT2D eigenvalue weighted by atomic mass is 16.5. The van der Waals surface area contributed by atoms with Gasteiger partial charge in [0.15, 0.2) is 0 Å². The predicted octanol–water partition coefficient (Wildman–Crippen LogP) is 2.34. The van der Waals surface area contributed by atoms with Gasteiger partial charge in [0.1, 0.15) is 0 Å². The van der Waals surface area contributed by atoms with Crippen LogP contribution >= 0.6 is 0 Å². The lowest BCUT2D eigenvalue weighted by atomic mass is 9.76. The lowest BCUT2D eigenvalue weighted by Crippen LogP contribution is -2.44. The van der Waals surface area contributed by atoms with E-state index in [1.807, 2.05) is 11.8 Å². The van der Waals surface area contributed by atoms with E-state index in [1.54, 1.807) is 6.07 Å².